The fraction of sp³-hybridized carbons (Fsp3) is 0.476. The lowest BCUT2D eigenvalue weighted by Gasteiger charge is -2.15. The first kappa shape index (κ1) is 19.3. The Balaban J connectivity index is 2.14. The molecule has 2 aromatic carbocycles. The molecule has 0 aliphatic carbocycles. The molecular weight excluding hydrogens is 314 g/mol. The molecule has 1 atom stereocenters. The predicted octanol–water partition coefficient (Wildman–Crippen LogP) is 4.30. The van der Waals surface area contributed by atoms with Crippen molar-refractivity contribution in [2.75, 3.05) is 13.2 Å². The first-order valence-electron chi connectivity index (χ1n) is 9.23. The van der Waals surface area contributed by atoms with Gasteiger partial charge in [-0.05, 0) is 36.2 Å². The Kier molecular flexibility index (Phi) is 7.74. The third-order valence-electron chi connectivity index (χ3n) is 4.25. The van der Waals surface area contributed by atoms with Gasteiger partial charge in [0.25, 0.3) is 5.91 Å². The maximum absolute atomic E-state index is 12.6. The van der Waals surface area contributed by atoms with E-state index in [-0.39, 0.29) is 18.6 Å². The Labute approximate surface area is 150 Å². The van der Waals surface area contributed by atoms with Crippen LogP contribution in [-0.2, 0) is 0 Å². The number of aliphatic hydroxyl groups excluding tert-OH is 1. The SMILES string of the molecule is CCCCCCCOc1cc2ccccc2cc1C(=O)N[C@H](C)CO. The molecule has 0 spiro atoms. The molecule has 4 heteroatoms. The molecule has 1 amide bonds. The highest BCUT2D eigenvalue weighted by Crippen LogP contribution is 2.26. The van der Waals surface area contributed by atoms with Crippen molar-refractivity contribution in [3.63, 3.8) is 0 Å². The molecule has 2 N–H and O–H groups in total. The van der Waals surface area contributed by atoms with Crippen LogP contribution < -0.4 is 10.1 Å². The van der Waals surface area contributed by atoms with E-state index in [1.165, 1.54) is 19.3 Å². The van der Waals surface area contributed by atoms with Crippen molar-refractivity contribution in [1.82, 2.24) is 5.32 Å². The summed E-state index contributed by atoms with van der Waals surface area (Å²) in [6.07, 6.45) is 5.83. The van der Waals surface area contributed by atoms with E-state index in [1.807, 2.05) is 36.4 Å². The van der Waals surface area contributed by atoms with Crippen LogP contribution in [0.3, 0.4) is 0 Å². The fourth-order valence-corrected chi connectivity index (χ4v) is 2.75. The van der Waals surface area contributed by atoms with Gasteiger partial charge in [0.15, 0.2) is 0 Å². The molecule has 0 radical (unpaired) electrons. The van der Waals surface area contributed by atoms with Gasteiger partial charge in [0, 0.05) is 6.04 Å². The van der Waals surface area contributed by atoms with Crippen LogP contribution >= 0.6 is 0 Å². The van der Waals surface area contributed by atoms with Gasteiger partial charge in [-0.2, -0.15) is 0 Å². The quantitative estimate of drug-likeness (QED) is 0.632. The number of fused-ring (bicyclic) bond motifs is 1. The van der Waals surface area contributed by atoms with Gasteiger partial charge in [0.2, 0.25) is 0 Å². The number of benzene rings is 2. The van der Waals surface area contributed by atoms with Crippen LogP contribution in [0.25, 0.3) is 10.8 Å². The zero-order chi connectivity index (χ0) is 18.1. The predicted molar refractivity (Wildman–Crippen MR) is 102 cm³/mol. The highest BCUT2D eigenvalue weighted by atomic mass is 16.5. The lowest BCUT2D eigenvalue weighted by Crippen LogP contribution is -2.35. The van der Waals surface area contributed by atoms with Gasteiger partial charge in [-0.25, -0.2) is 0 Å². The fourth-order valence-electron chi connectivity index (χ4n) is 2.75. The zero-order valence-corrected chi connectivity index (χ0v) is 15.3. The molecule has 0 bridgehead atoms. The Bertz CT molecular complexity index is 684. The minimum Gasteiger partial charge on any atom is -0.493 e. The highest BCUT2D eigenvalue weighted by Gasteiger charge is 2.16. The average Bonchev–Trinajstić information content (AvgIpc) is 2.63. The van der Waals surface area contributed by atoms with Gasteiger partial charge in [0.05, 0.1) is 18.8 Å². The van der Waals surface area contributed by atoms with Crippen LogP contribution in [0.4, 0.5) is 0 Å². The number of carbonyl (C=O) groups excluding carboxylic acids is 1. The summed E-state index contributed by atoms with van der Waals surface area (Å²) in [7, 11) is 0. The molecule has 0 heterocycles. The third-order valence-corrected chi connectivity index (χ3v) is 4.25. The Morgan fingerprint density at radius 3 is 2.48 bits per heavy atom. The van der Waals surface area contributed by atoms with Crippen LogP contribution in [0.5, 0.6) is 5.75 Å². The number of hydrogen-bond donors (Lipinski definition) is 2. The molecule has 4 nitrogen and oxygen atoms in total. The summed E-state index contributed by atoms with van der Waals surface area (Å²) in [5.74, 6) is 0.394. The summed E-state index contributed by atoms with van der Waals surface area (Å²) in [6.45, 7) is 4.49. The molecule has 0 saturated carbocycles. The Morgan fingerprint density at radius 1 is 1.12 bits per heavy atom. The molecule has 0 unspecified atom stereocenters. The van der Waals surface area contributed by atoms with Crippen LogP contribution in [0.1, 0.15) is 56.3 Å². The van der Waals surface area contributed by atoms with Gasteiger partial charge in [-0.1, -0.05) is 56.9 Å². The molecular formula is C21H29NO3. The number of nitrogens with one attached hydrogen (secondary N) is 1. The lowest BCUT2D eigenvalue weighted by molar-refractivity contribution is 0.0918. The van der Waals surface area contributed by atoms with Crippen molar-refractivity contribution in [2.24, 2.45) is 0 Å². The van der Waals surface area contributed by atoms with E-state index in [0.717, 1.165) is 23.6 Å². The van der Waals surface area contributed by atoms with Gasteiger partial charge in [0.1, 0.15) is 5.75 Å². The molecule has 2 aromatic rings. The van der Waals surface area contributed by atoms with Crippen LogP contribution in [-0.4, -0.2) is 30.3 Å². The summed E-state index contributed by atoms with van der Waals surface area (Å²) < 4.78 is 5.94. The van der Waals surface area contributed by atoms with Crippen LogP contribution in [0.15, 0.2) is 36.4 Å². The van der Waals surface area contributed by atoms with Crippen LogP contribution in [0.2, 0.25) is 0 Å². The minimum absolute atomic E-state index is 0.0903. The first-order chi connectivity index (χ1) is 12.2. The van der Waals surface area contributed by atoms with Crippen molar-refractivity contribution < 1.29 is 14.6 Å². The summed E-state index contributed by atoms with van der Waals surface area (Å²) in [4.78, 5) is 12.6. The molecule has 0 aromatic heterocycles. The summed E-state index contributed by atoms with van der Waals surface area (Å²) >= 11 is 0. The van der Waals surface area contributed by atoms with Crippen molar-refractivity contribution in [1.29, 1.82) is 0 Å². The molecule has 2 rings (SSSR count). The largest absolute Gasteiger partial charge is 0.493 e. The molecule has 136 valence electrons. The maximum Gasteiger partial charge on any atom is 0.255 e. The van der Waals surface area contributed by atoms with Crippen LogP contribution in [0, 0.1) is 0 Å². The van der Waals surface area contributed by atoms with Crippen molar-refractivity contribution in [2.45, 2.75) is 52.0 Å². The van der Waals surface area contributed by atoms with Gasteiger partial charge < -0.3 is 15.2 Å². The van der Waals surface area contributed by atoms with E-state index in [4.69, 9.17) is 9.84 Å². The molecule has 0 aliphatic heterocycles. The van der Waals surface area contributed by atoms with Gasteiger partial charge >= 0.3 is 0 Å². The van der Waals surface area contributed by atoms with Gasteiger partial charge in [-0.15, -0.1) is 0 Å². The first-order valence-corrected chi connectivity index (χ1v) is 9.23. The number of hydrogen-bond acceptors (Lipinski definition) is 3. The summed E-state index contributed by atoms with van der Waals surface area (Å²) in [6, 6.07) is 11.4. The monoisotopic (exact) mass is 343 g/mol. The number of amides is 1. The molecule has 0 fully saturated rings. The van der Waals surface area contributed by atoms with Crippen molar-refractivity contribution in [3.05, 3.63) is 42.0 Å². The maximum atomic E-state index is 12.6. The number of ether oxygens (including phenoxy) is 1. The Hall–Kier alpha value is -2.07. The van der Waals surface area contributed by atoms with Crippen molar-refractivity contribution >= 4 is 16.7 Å². The number of rotatable bonds is 10. The number of unbranched alkanes of at least 4 members (excludes halogenated alkanes) is 4. The smallest absolute Gasteiger partial charge is 0.255 e. The second-order valence-electron chi connectivity index (χ2n) is 6.52. The van der Waals surface area contributed by atoms with Crippen molar-refractivity contribution in [3.8, 4) is 5.75 Å². The molecule has 0 saturated heterocycles. The van der Waals surface area contributed by atoms with E-state index >= 15 is 0 Å². The standard InChI is InChI=1S/C21H29NO3/c1-3-4-5-6-9-12-25-20-14-18-11-8-7-10-17(18)13-19(20)21(24)22-16(2)15-23/h7-8,10-11,13-14,16,23H,3-6,9,12,15H2,1-2H3,(H,22,24)/t16-/m1/s1. The summed E-state index contributed by atoms with van der Waals surface area (Å²) in [5, 5.41) is 14.0. The van der Waals surface area contributed by atoms with E-state index in [1.54, 1.807) is 6.92 Å². The zero-order valence-electron chi connectivity index (χ0n) is 15.3. The molecule has 25 heavy (non-hydrogen) atoms. The highest BCUT2D eigenvalue weighted by molar-refractivity contribution is 6.01. The topological polar surface area (TPSA) is 58.6 Å². The average molecular weight is 343 g/mol. The second-order valence-corrected chi connectivity index (χ2v) is 6.52. The number of carbonyl (C=O) groups is 1. The normalized spacial score (nSPS) is 12.1. The van der Waals surface area contributed by atoms with E-state index < -0.39 is 0 Å². The third kappa shape index (κ3) is 5.75. The number of aliphatic hydroxyl groups is 1. The molecule has 0 aliphatic rings. The Morgan fingerprint density at radius 2 is 1.80 bits per heavy atom. The second kappa shape index (κ2) is 10.0. The summed E-state index contributed by atoms with van der Waals surface area (Å²) in [5.41, 5.74) is 0.521. The van der Waals surface area contributed by atoms with E-state index in [9.17, 15) is 4.79 Å². The van der Waals surface area contributed by atoms with E-state index in [2.05, 4.69) is 12.2 Å². The minimum atomic E-state index is -0.291. The van der Waals surface area contributed by atoms with Gasteiger partial charge in [-0.3, -0.25) is 4.79 Å². The lowest BCUT2D eigenvalue weighted by atomic mass is 10.0. The van der Waals surface area contributed by atoms with E-state index in [0.29, 0.717) is 17.9 Å².